The molecule has 0 unspecified atom stereocenters. The van der Waals surface area contributed by atoms with Gasteiger partial charge in [0, 0.05) is 31.8 Å². The molecule has 4 fully saturated rings. The number of amides is 5. The lowest BCUT2D eigenvalue weighted by Gasteiger charge is -2.63. The van der Waals surface area contributed by atoms with Crippen LogP contribution in [-0.2, 0) is 57.2 Å². The topological polar surface area (TPSA) is 345 Å². The number of fused-ring (bicyclic) bond motifs is 5. The Labute approximate surface area is 516 Å². The maximum Gasteiger partial charge on any atom is 0.306 e. The minimum Gasteiger partial charge on any atom is -0.505 e. The normalized spacial score (nSPS) is 24.2. The van der Waals surface area contributed by atoms with Crippen molar-refractivity contribution in [1.29, 1.82) is 0 Å². The van der Waals surface area contributed by atoms with E-state index in [1.54, 1.807) is 0 Å². The first-order valence-corrected chi connectivity index (χ1v) is 31.1. The van der Waals surface area contributed by atoms with Crippen molar-refractivity contribution in [3.63, 3.8) is 0 Å². The number of hydrogen-bond acceptors (Lipinski definition) is 19. The Morgan fingerprint density at radius 1 is 0.614 bits per heavy atom. The lowest BCUT2D eigenvalue weighted by Crippen LogP contribution is -2.60. The van der Waals surface area contributed by atoms with E-state index in [9.17, 15) is 53.7 Å². The molecule has 4 saturated carbocycles. The van der Waals surface area contributed by atoms with E-state index in [0.29, 0.717) is 31.1 Å². The number of benzene rings is 2. The van der Waals surface area contributed by atoms with Gasteiger partial charge in [-0.2, -0.15) is 0 Å². The highest BCUT2D eigenvalue weighted by atomic mass is 16.6. The first-order chi connectivity index (χ1) is 42.0. The maximum absolute atomic E-state index is 13.9. The van der Waals surface area contributed by atoms with Crippen LogP contribution in [0.25, 0.3) is 0 Å². The molecule has 2 aromatic rings. The van der Waals surface area contributed by atoms with Gasteiger partial charge in [0.15, 0.2) is 17.3 Å². The lowest BCUT2D eigenvalue weighted by molar-refractivity contribution is -0.201. The van der Waals surface area contributed by atoms with Gasteiger partial charge in [0.1, 0.15) is 48.0 Å². The maximum atomic E-state index is 13.9. The minimum atomic E-state index is -0.933. The molecule has 24 nitrogen and oxygen atoms in total. The fourth-order valence-corrected chi connectivity index (χ4v) is 14.6. The predicted octanol–water partition coefficient (Wildman–Crippen LogP) is 6.67. The number of phenolic OH excluding ortho intramolecular Hbond substituents is 1. The number of unbranched alkanes of at least 4 members (excludes halogenated alkanes) is 3. The molecule has 2 aromatic carbocycles. The average Bonchev–Trinajstić information content (AvgIpc) is 1.32. The summed E-state index contributed by atoms with van der Waals surface area (Å²) in [5, 5.41) is 43.5. The molecular formula is C64H95N5O19. The molecule has 0 spiro atoms. The SMILES string of the molecule is CCCCCC[C@](C)(O)[C@H]1CC[C@H]2[C@@H]3C[C@H](OC(=O)CCC(=O)NCCOCCOCC(=O)Nc4ccc(OC)c(C(C)=O)c4O)[C@H]4C[C@@H](OC(=O)CCC(=O)NCCOCCOCC(=O)Nc5ccc(OC)c(C(N)=O)c5O)CC[C@]4(C)[C@H]3CC[C@@]21C. The molecule has 0 aliphatic heterocycles. The zero-order chi connectivity index (χ0) is 64.2. The quantitative estimate of drug-likeness (QED) is 0.0153. The molecule has 490 valence electrons. The van der Waals surface area contributed by atoms with E-state index in [4.69, 9.17) is 43.6 Å². The van der Waals surface area contributed by atoms with Crippen molar-refractivity contribution in [1.82, 2.24) is 10.6 Å². The number of hydrogen-bond donors (Lipinski definition) is 8. The summed E-state index contributed by atoms with van der Waals surface area (Å²) < 4.78 is 44.5. The summed E-state index contributed by atoms with van der Waals surface area (Å²) in [4.78, 5) is 102. The number of aromatic hydroxyl groups is 2. The molecule has 0 radical (unpaired) electrons. The van der Waals surface area contributed by atoms with E-state index >= 15 is 0 Å². The number of ether oxygens (including phenoxy) is 8. The molecule has 88 heavy (non-hydrogen) atoms. The van der Waals surface area contributed by atoms with Gasteiger partial charge in [0.05, 0.1) is 83.7 Å². The Morgan fingerprint density at radius 3 is 1.68 bits per heavy atom. The predicted molar refractivity (Wildman–Crippen MR) is 323 cm³/mol. The molecule has 0 aromatic heterocycles. The van der Waals surface area contributed by atoms with Crippen molar-refractivity contribution in [2.24, 2.45) is 46.2 Å². The zero-order valence-electron chi connectivity index (χ0n) is 52.4. The number of phenols is 2. The molecule has 10 atom stereocenters. The van der Waals surface area contributed by atoms with E-state index in [1.807, 2.05) is 6.92 Å². The third-order valence-electron chi connectivity index (χ3n) is 18.8. The number of methoxy groups -OCH3 is 2. The molecule has 4 aliphatic rings. The zero-order valence-corrected chi connectivity index (χ0v) is 52.4. The summed E-state index contributed by atoms with van der Waals surface area (Å²) in [7, 11) is 2.67. The number of nitrogens with two attached hydrogens (primary N) is 1. The fourth-order valence-electron chi connectivity index (χ4n) is 14.6. The van der Waals surface area contributed by atoms with Gasteiger partial charge >= 0.3 is 11.9 Å². The van der Waals surface area contributed by atoms with E-state index in [2.05, 4.69) is 42.0 Å². The van der Waals surface area contributed by atoms with Crippen LogP contribution < -0.4 is 36.5 Å². The van der Waals surface area contributed by atoms with Gasteiger partial charge in [0.2, 0.25) is 23.6 Å². The smallest absolute Gasteiger partial charge is 0.306 e. The fraction of sp³-hybridized carbons (Fsp3) is 0.688. The lowest BCUT2D eigenvalue weighted by atomic mass is 9.43. The van der Waals surface area contributed by atoms with Crippen LogP contribution in [0.2, 0.25) is 0 Å². The number of rotatable bonds is 36. The van der Waals surface area contributed by atoms with Crippen molar-refractivity contribution in [3.8, 4) is 23.0 Å². The second-order valence-electron chi connectivity index (χ2n) is 24.6. The Bertz CT molecular complexity index is 2740. The van der Waals surface area contributed by atoms with Crippen LogP contribution in [0.3, 0.4) is 0 Å². The summed E-state index contributed by atoms with van der Waals surface area (Å²) in [6.45, 7) is 10.4. The highest BCUT2D eigenvalue weighted by Crippen LogP contribution is 2.69. The Kier molecular flexibility index (Phi) is 26.7. The molecule has 9 N–H and O–H groups in total. The molecular weight excluding hydrogens is 1140 g/mol. The minimum absolute atomic E-state index is 0.0327. The third kappa shape index (κ3) is 18.7. The van der Waals surface area contributed by atoms with E-state index < -0.39 is 64.8 Å². The van der Waals surface area contributed by atoms with Gasteiger partial charge in [-0.15, -0.1) is 0 Å². The monoisotopic (exact) mass is 1240 g/mol. The molecule has 0 heterocycles. The number of nitrogens with one attached hydrogen (secondary N) is 4. The summed E-state index contributed by atoms with van der Waals surface area (Å²) in [6, 6.07) is 5.61. The van der Waals surface area contributed by atoms with E-state index in [1.165, 1.54) is 45.4 Å². The van der Waals surface area contributed by atoms with Crippen LogP contribution in [0.5, 0.6) is 23.0 Å². The van der Waals surface area contributed by atoms with Crippen LogP contribution in [-0.4, -0.2) is 161 Å². The Balaban J connectivity index is 0.939. The van der Waals surface area contributed by atoms with Crippen molar-refractivity contribution in [3.05, 3.63) is 35.4 Å². The summed E-state index contributed by atoms with van der Waals surface area (Å²) >= 11 is 0. The van der Waals surface area contributed by atoms with Crippen LogP contribution in [0.1, 0.15) is 164 Å². The highest BCUT2D eigenvalue weighted by molar-refractivity contribution is 6.04. The number of carbonyl (C=O) groups is 8. The number of aliphatic hydroxyl groups is 1. The van der Waals surface area contributed by atoms with Gasteiger partial charge in [-0.3, -0.25) is 38.4 Å². The average molecular weight is 1240 g/mol. The summed E-state index contributed by atoms with van der Waals surface area (Å²) in [6.07, 6.45) is 10.1. The molecule has 6 rings (SSSR count). The number of ketones is 1. The standard InChI is InChI=1S/C64H95N5O19/c1-8-9-10-11-24-64(5,80)50-17-12-42-41-36-49(88-56(76)21-19-52(72)67-28-30-84-31-33-85-37-53(73)68-45-13-15-47(81-6)57(39(2)70)59(45)77)44-35-40(22-25-62(44,3)43(41)23-26-63(42,50)4)87-55(75)20-18-51(71)66-27-29-83-32-34-86-38-54(74)69-46-14-16-48(82-7)58(60(46)78)61(65)79/h13-16,40-44,49-50,77-78,80H,8-12,17-38H2,1-7H3,(H2,65,79)(H,66,71)(H,67,72)(H,68,73)(H,69,74)/t40-,41-,42-,43-,44+,49-,50-,62+,63-,64-/m0/s1. The number of anilines is 2. The van der Waals surface area contributed by atoms with Crippen LogP contribution in [0.4, 0.5) is 11.4 Å². The molecule has 0 saturated heterocycles. The highest BCUT2D eigenvalue weighted by Gasteiger charge is 2.64. The second kappa shape index (κ2) is 33.3. The Morgan fingerprint density at radius 2 is 1.14 bits per heavy atom. The van der Waals surface area contributed by atoms with Crippen LogP contribution in [0, 0.1) is 40.4 Å². The van der Waals surface area contributed by atoms with Gasteiger partial charge in [-0.25, -0.2) is 0 Å². The van der Waals surface area contributed by atoms with Gasteiger partial charge in [0.25, 0.3) is 5.91 Å². The van der Waals surface area contributed by atoms with E-state index in [-0.39, 0.29) is 166 Å². The number of Topliss-reactive ketones (excluding diaryl/α,β-unsaturated/α-hetero) is 1. The van der Waals surface area contributed by atoms with Crippen LogP contribution >= 0.6 is 0 Å². The first-order valence-electron chi connectivity index (χ1n) is 31.1. The molecule has 24 heteroatoms. The molecule has 5 amide bonds. The van der Waals surface area contributed by atoms with Gasteiger partial charge < -0.3 is 80.2 Å². The summed E-state index contributed by atoms with van der Waals surface area (Å²) in [5.41, 5.74) is 3.89. The first kappa shape index (κ1) is 70.5. The Hall–Kier alpha value is -6.60. The number of esters is 2. The van der Waals surface area contributed by atoms with Crippen molar-refractivity contribution < 1.29 is 91.6 Å². The summed E-state index contributed by atoms with van der Waals surface area (Å²) in [5.74, 6) is -4.01. The van der Waals surface area contributed by atoms with Crippen LogP contribution in [0.15, 0.2) is 24.3 Å². The van der Waals surface area contributed by atoms with Crippen molar-refractivity contribution >= 4 is 58.6 Å². The number of carbonyl (C=O) groups excluding carboxylic acids is 8. The van der Waals surface area contributed by atoms with Gasteiger partial charge in [-0.05, 0) is 130 Å². The van der Waals surface area contributed by atoms with Gasteiger partial charge in [-0.1, -0.05) is 46.5 Å². The molecule has 4 aliphatic carbocycles. The van der Waals surface area contributed by atoms with Crippen molar-refractivity contribution in [2.75, 3.05) is 90.8 Å². The molecule has 0 bridgehead atoms. The van der Waals surface area contributed by atoms with E-state index in [0.717, 1.165) is 64.2 Å². The number of primary amides is 1. The second-order valence-corrected chi connectivity index (χ2v) is 24.6. The third-order valence-corrected chi connectivity index (χ3v) is 18.8. The largest absolute Gasteiger partial charge is 0.505 e. The van der Waals surface area contributed by atoms with Crippen molar-refractivity contribution in [2.45, 2.75) is 162 Å².